The van der Waals surface area contributed by atoms with Gasteiger partial charge in [0.25, 0.3) is 0 Å². The minimum atomic E-state index is 0.490. The van der Waals surface area contributed by atoms with Crippen molar-refractivity contribution in [2.45, 2.75) is 6.54 Å². The summed E-state index contributed by atoms with van der Waals surface area (Å²) in [6.45, 7) is 0.490. The molecule has 0 saturated carbocycles. The van der Waals surface area contributed by atoms with Gasteiger partial charge in [-0.15, -0.1) is 0 Å². The molecule has 0 spiro atoms. The highest BCUT2D eigenvalue weighted by molar-refractivity contribution is 6.39. The molecule has 2 rings (SSSR count). The second kappa shape index (κ2) is 5.14. The van der Waals surface area contributed by atoms with Gasteiger partial charge in [0.1, 0.15) is 5.82 Å². The Kier molecular flexibility index (Phi) is 3.59. The molecule has 0 aliphatic carbocycles. The molecule has 1 N–H and O–H groups in total. The molecule has 1 heterocycles. The molecule has 0 aliphatic heterocycles. The molecule has 3 nitrogen and oxygen atoms in total. The Morgan fingerprint density at radius 3 is 2.25 bits per heavy atom. The molecule has 0 bridgehead atoms. The maximum atomic E-state index is 6.01. The van der Waals surface area contributed by atoms with Gasteiger partial charge in [0.2, 0.25) is 0 Å². The highest BCUT2D eigenvalue weighted by Gasteiger charge is 2.04. The molecular formula is C11H9Cl2N3. The molecule has 0 saturated heterocycles. The number of hydrogen-bond acceptors (Lipinski definition) is 3. The average molecular weight is 254 g/mol. The third-order valence-electron chi connectivity index (χ3n) is 2.01. The van der Waals surface area contributed by atoms with Crippen molar-refractivity contribution >= 4 is 28.9 Å². The van der Waals surface area contributed by atoms with Crippen LogP contribution in [0, 0.1) is 0 Å². The third-order valence-corrected chi connectivity index (χ3v) is 2.64. The fraction of sp³-hybridized carbons (Fsp3) is 0.0909. The average Bonchev–Trinajstić information content (AvgIpc) is 2.30. The lowest BCUT2D eigenvalue weighted by Gasteiger charge is -2.08. The van der Waals surface area contributed by atoms with Gasteiger partial charge in [-0.2, -0.15) is 0 Å². The number of aromatic nitrogens is 2. The number of nitrogens with one attached hydrogen (secondary N) is 1. The standard InChI is InChI=1S/C11H9Cl2N3/c12-8-3-1-4-9(13)11(8)16-7-10-14-5-2-6-15-10/h1-6,16H,7H2. The Morgan fingerprint density at radius 1 is 1.00 bits per heavy atom. The van der Waals surface area contributed by atoms with Gasteiger partial charge >= 0.3 is 0 Å². The van der Waals surface area contributed by atoms with E-state index >= 15 is 0 Å². The first kappa shape index (κ1) is 11.2. The normalized spacial score (nSPS) is 10.1. The molecular weight excluding hydrogens is 245 g/mol. The van der Waals surface area contributed by atoms with Crippen molar-refractivity contribution < 1.29 is 0 Å². The zero-order valence-electron chi connectivity index (χ0n) is 8.32. The second-order valence-corrected chi connectivity index (χ2v) is 3.93. The van der Waals surface area contributed by atoms with Crippen LogP contribution >= 0.6 is 23.2 Å². The number of anilines is 1. The number of benzene rings is 1. The summed E-state index contributed by atoms with van der Waals surface area (Å²) in [5.41, 5.74) is 0.707. The summed E-state index contributed by atoms with van der Waals surface area (Å²) in [6, 6.07) is 7.13. The molecule has 0 unspecified atom stereocenters. The number of hydrogen-bond donors (Lipinski definition) is 1. The maximum Gasteiger partial charge on any atom is 0.147 e. The van der Waals surface area contributed by atoms with Crippen LogP contribution in [0.2, 0.25) is 10.0 Å². The summed E-state index contributed by atoms with van der Waals surface area (Å²) >= 11 is 12.0. The summed E-state index contributed by atoms with van der Waals surface area (Å²) in [7, 11) is 0. The van der Waals surface area contributed by atoms with Crippen LogP contribution in [-0.4, -0.2) is 9.97 Å². The predicted molar refractivity (Wildman–Crippen MR) is 65.8 cm³/mol. The van der Waals surface area contributed by atoms with Crippen molar-refractivity contribution in [1.82, 2.24) is 9.97 Å². The van der Waals surface area contributed by atoms with Gasteiger partial charge < -0.3 is 5.32 Å². The van der Waals surface area contributed by atoms with E-state index in [-0.39, 0.29) is 0 Å². The first-order chi connectivity index (χ1) is 7.77. The van der Waals surface area contributed by atoms with E-state index in [4.69, 9.17) is 23.2 Å². The third kappa shape index (κ3) is 2.62. The molecule has 1 aromatic heterocycles. The smallest absolute Gasteiger partial charge is 0.147 e. The molecule has 0 fully saturated rings. The largest absolute Gasteiger partial charge is 0.375 e. The van der Waals surface area contributed by atoms with E-state index in [9.17, 15) is 0 Å². The lowest BCUT2D eigenvalue weighted by molar-refractivity contribution is 0.948. The highest BCUT2D eigenvalue weighted by atomic mass is 35.5. The molecule has 82 valence electrons. The second-order valence-electron chi connectivity index (χ2n) is 3.12. The summed E-state index contributed by atoms with van der Waals surface area (Å²) in [6.07, 6.45) is 3.39. The Labute approximate surface area is 103 Å². The van der Waals surface area contributed by atoms with Crippen LogP contribution in [0.1, 0.15) is 5.82 Å². The molecule has 0 atom stereocenters. The van der Waals surface area contributed by atoms with Gasteiger partial charge in [-0.05, 0) is 18.2 Å². The van der Waals surface area contributed by atoms with E-state index in [1.807, 2.05) is 0 Å². The lowest BCUT2D eigenvalue weighted by atomic mass is 10.3. The zero-order chi connectivity index (χ0) is 11.4. The molecule has 0 radical (unpaired) electrons. The van der Waals surface area contributed by atoms with Crippen molar-refractivity contribution in [3.05, 3.63) is 52.5 Å². The van der Waals surface area contributed by atoms with Crippen LogP contribution in [0.4, 0.5) is 5.69 Å². The molecule has 5 heteroatoms. The minimum Gasteiger partial charge on any atom is -0.375 e. The maximum absolute atomic E-state index is 6.01. The Morgan fingerprint density at radius 2 is 1.62 bits per heavy atom. The zero-order valence-corrected chi connectivity index (χ0v) is 9.83. The van der Waals surface area contributed by atoms with Crippen LogP contribution < -0.4 is 5.32 Å². The number of halogens is 2. The molecule has 0 aliphatic rings. The van der Waals surface area contributed by atoms with E-state index in [0.29, 0.717) is 28.1 Å². The lowest BCUT2D eigenvalue weighted by Crippen LogP contribution is -2.04. The van der Waals surface area contributed by atoms with Crippen molar-refractivity contribution in [2.24, 2.45) is 0 Å². The van der Waals surface area contributed by atoms with Crippen molar-refractivity contribution in [1.29, 1.82) is 0 Å². The first-order valence-corrected chi connectivity index (χ1v) is 5.47. The van der Waals surface area contributed by atoms with E-state index in [2.05, 4.69) is 15.3 Å². The first-order valence-electron chi connectivity index (χ1n) is 4.71. The van der Waals surface area contributed by atoms with Gasteiger partial charge in [-0.3, -0.25) is 0 Å². The van der Waals surface area contributed by atoms with Crippen molar-refractivity contribution in [3.63, 3.8) is 0 Å². The van der Waals surface area contributed by atoms with E-state index in [1.165, 1.54) is 0 Å². The van der Waals surface area contributed by atoms with E-state index < -0.39 is 0 Å². The monoisotopic (exact) mass is 253 g/mol. The topological polar surface area (TPSA) is 37.8 Å². The Bertz CT molecular complexity index is 454. The van der Waals surface area contributed by atoms with Crippen molar-refractivity contribution in [2.75, 3.05) is 5.32 Å². The molecule has 1 aromatic carbocycles. The quantitative estimate of drug-likeness (QED) is 0.912. The molecule has 16 heavy (non-hydrogen) atoms. The van der Waals surface area contributed by atoms with Gasteiger partial charge in [0, 0.05) is 12.4 Å². The Hall–Kier alpha value is -1.32. The van der Waals surface area contributed by atoms with Crippen LogP contribution in [-0.2, 0) is 6.54 Å². The number of rotatable bonds is 3. The van der Waals surface area contributed by atoms with Gasteiger partial charge in [-0.25, -0.2) is 9.97 Å². The van der Waals surface area contributed by atoms with Crippen LogP contribution in [0.5, 0.6) is 0 Å². The molecule has 2 aromatic rings. The van der Waals surface area contributed by atoms with Gasteiger partial charge in [-0.1, -0.05) is 29.3 Å². The summed E-state index contributed by atoms with van der Waals surface area (Å²) in [5.74, 6) is 0.693. The summed E-state index contributed by atoms with van der Waals surface area (Å²) < 4.78 is 0. The number of para-hydroxylation sites is 1. The predicted octanol–water partition coefficient (Wildman–Crippen LogP) is 3.40. The highest BCUT2D eigenvalue weighted by Crippen LogP contribution is 2.29. The summed E-state index contributed by atoms with van der Waals surface area (Å²) in [5, 5.41) is 4.28. The van der Waals surface area contributed by atoms with Crippen LogP contribution in [0.25, 0.3) is 0 Å². The summed E-state index contributed by atoms with van der Waals surface area (Å²) in [4.78, 5) is 8.19. The fourth-order valence-electron chi connectivity index (χ4n) is 1.26. The molecule has 0 amide bonds. The SMILES string of the molecule is Clc1cccc(Cl)c1NCc1ncccn1. The number of nitrogens with zero attached hydrogens (tertiary/aromatic N) is 2. The fourth-order valence-corrected chi connectivity index (χ4v) is 1.79. The van der Waals surface area contributed by atoms with Gasteiger partial charge in [0.15, 0.2) is 0 Å². The van der Waals surface area contributed by atoms with E-state index in [0.717, 1.165) is 0 Å². The van der Waals surface area contributed by atoms with E-state index in [1.54, 1.807) is 36.7 Å². The van der Waals surface area contributed by atoms with Gasteiger partial charge in [0.05, 0.1) is 22.3 Å². The Balaban J connectivity index is 2.11. The van der Waals surface area contributed by atoms with Crippen LogP contribution in [0.3, 0.4) is 0 Å². The van der Waals surface area contributed by atoms with Crippen molar-refractivity contribution in [3.8, 4) is 0 Å². The van der Waals surface area contributed by atoms with Crippen LogP contribution in [0.15, 0.2) is 36.7 Å². The minimum absolute atomic E-state index is 0.490.